The Hall–Kier alpha value is -0.610. The molecule has 0 N–H and O–H groups in total. The molecule has 0 amide bonds. The molecule has 0 aliphatic heterocycles. The zero-order valence-electron chi connectivity index (χ0n) is 9.58. The predicted octanol–water partition coefficient (Wildman–Crippen LogP) is 1.53. The minimum atomic E-state index is -0.260. The maximum atomic E-state index is 11.2. The van der Waals surface area contributed by atoms with Crippen molar-refractivity contribution in [2.75, 3.05) is 26.9 Å². The van der Waals surface area contributed by atoms with Crippen molar-refractivity contribution in [2.45, 2.75) is 38.2 Å². The van der Waals surface area contributed by atoms with Crippen LogP contribution in [0.3, 0.4) is 0 Å². The van der Waals surface area contributed by atoms with Gasteiger partial charge in [-0.25, -0.2) is 0 Å². The maximum absolute atomic E-state index is 11.2. The standard InChI is InChI=1S/C11H20O4/c1-3-14-7-8-15-11(5-4-6-11)9-10(12)13-2/h3-9H2,1-2H3. The lowest BCUT2D eigenvalue weighted by atomic mass is 9.77. The van der Waals surface area contributed by atoms with E-state index in [4.69, 9.17) is 9.47 Å². The third-order valence-electron chi connectivity index (χ3n) is 2.80. The minimum absolute atomic E-state index is 0.189. The molecule has 0 radical (unpaired) electrons. The van der Waals surface area contributed by atoms with E-state index >= 15 is 0 Å². The molecule has 4 nitrogen and oxygen atoms in total. The van der Waals surface area contributed by atoms with E-state index in [9.17, 15) is 4.79 Å². The average molecular weight is 216 g/mol. The average Bonchev–Trinajstić information content (AvgIpc) is 2.20. The van der Waals surface area contributed by atoms with Gasteiger partial charge >= 0.3 is 5.97 Å². The van der Waals surface area contributed by atoms with Crippen molar-refractivity contribution in [1.82, 2.24) is 0 Å². The monoisotopic (exact) mass is 216 g/mol. The first-order valence-corrected chi connectivity index (χ1v) is 5.51. The van der Waals surface area contributed by atoms with Crippen molar-refractivity contribution in [3.63, 3.8) is 0 Å². The lowest BCUT2D eigenvalue weighted by Crippen LogP contribution is -2.43. The highest BCUT2D eigenvalue weighted by Gasteiger charge is 2.40. The SMILES string of the molecule is CCOCCOC1(CC(=O)OC)CCC1. The molecule has 1 aliphatic carbocycles. The Balaban J connectivity index is 2.23. The largest absolute Gasteiger partial charge is 0.469 e. The van der Waals surface area contributed by atoms with E-state index in [1.54, 1.807) is 0 Å². The molecule has 0 aromatic rings. The van der Waals surface area contributed by atoms with Gasteiger partial charge in [0, 0.05) is 6.61 Å². The molecule has 88 valence electrons. The molecule has 1 aliphatic rings. The summed E-state index contributed by atoms with van der Waals surface area (Å²) in [6.45, 7) is 3.81. The Morgan fingerprint density at radius 3 is 2.53 bits per heavy atom. The van der Waals surface area contributed by atoms with Crippen molar-refractivity contribution in [2.24, 2.45) is 0 Å². The lowest BCUT2D eigenvalue weighted by molar-refractivity contribution is -0.159. The highest BCUT2D eigenvalue weighted by atomic mass is 16.5. The minimum Gasteiger partial charge on any atom is -0.469 e. The summed E-state index contributed by atoms with van der Waals surface area (Å²) in [6.07, 6.45) is 3.41. The molecule has 15 heavy (non-hydrogen) atoms. The number of hydrogen-bond acceptors (Lipinski definition) is 4. The predicted molar refractivity (Wildman–Crippen MR) is 55.7 cm³/mol. The summed E-state index contributed by atoms with van der Waals surface area (Å²) in [6, 6.07) is 0. The molecule has 0 unspecified atom stereocenters. The molecule has 0 spiro atoms. The number of carbonyl (C=O) groups excluding carboxylic acids is 1. The van der Waals surface area contributed by atoms with Crippen LogP contribution in [0.5, 0.6) is 0 Å². The lowest BCUT2D eigenvalue weighted by Gasteiger charge is -2.40. The smallest absolute Gasteiger partial charge is 0.308 e. The number of rotatable bonds is 7. The molecule has 1 rings (SSSR count). The molecule has 4 heteroatoms. The topological polar surface area (TPSA) is 44.8 Å². The van der Waals surface area contributed by atoms with Gasteiger partial charge in [0.05, 0.1) is 32.3 Å². The molecule has 0 bridgehead atoms. The number of carbonyl (C=O) groups is 1. The fourth-order valence-electron chi connectivity index (χ4n) is 1.74. The summed E-state index contributed by atoms with van der Waals surface area (Å²) in [5.41, 5.74) is -0.260. The molecule has 0 heterocycles. The zero-order valence-corrected chi connectivity index (χ0v) is 9.58. The Morgan fingerprint density at radius 1 is 1.33 bits per heavy atom. The van der Waals surface area contributed by atoms with Crippen LogP contribution in [0.25, 0.3) is 0 Å². The number of hydrogen-bond donors (Lipinski definition) is 0. The van der Waals surface area contributed by atoms with Crippen molar-refractivity contribution in [1.29, 1.82) is 0 Å². The van der Waals surface area contributed by atoms with E-state index in [2.05, 4.69) is 4.74 Å². The summed E-state index contributed by atoms with van der Waals surface area (Å²) in [5, 5.41) is 0. The molecule has 0 aromatic heterocycles. The Labute approximate surface area is 90.9 Å². The van der Waals surface area contributed by atoms with E-state index in [1.807, 2.05) is 6.92 Å². The summed E-state index contributed by atoms with van der Waals surface area (Å²) >= 11 is 0. The summed E-state index contributed by atoms with van der Waals surface area (Å²) < 4.78 is 15.6. The second-order valence-electron chi connectivity index (χ2n) is 3.83. The van der Waals surface area contributed by atoms with E-state index < -0.39 is 0 Å². The normalized spacial score (nSPS) is 18.3. The number of esters is 1. The molecular weight excluding hydrogens is 196 g/mol. The van der Waals surface area contributed by atoms with Gasteiger partial charge in [0.1, 0.15) is 0 Å². The fraction of sp³-hybridized carbons (Fsp3) is 0.909. The maximum Gasteiger partial charge on any atom is 0.308 e. The quantitative estimate of drug-likeness (QED) is 0.478. The third-order valence-corrected chi connectivity index (χ3v) is 2.80. The summed E-state index contributed by atoms with van der Waals surface area (Å²) in [4.78, 5) is 11.2. The van der Waals surface area contributed by atoms with Crippen LogP contribution in [-0.4, -0.2) is 38.5 Å². The highest BCUT2D eigenvalue weighted by Crippen LogP contribution is 2.38. The van der Waals surface area contributed by atoms with Gasteiger partial charge in [-0.3, -0.25) is 4.79 Å². The first-order chi connectivity index (χ1) is 7.22. The van der Waals surface area contributed by atoms with Gasteiger partial charge in [-0.1, -0.05) is 0 Å². The van der Waals surface area contributed by atoms with Crippen molar-refractivity contribution < 1.29 is 19.0 Å². The summed E-state index contributed by atoms with van der Waals surface area (Å²) in [5.74, 6) is -0.189. The van der Waals surface area contributed by atoms with Crippen LogP contribution < -0.4 is 0 Å². The van der Waals surface area contributed by atoms with Gasteiger partial charge in [0.2, 0.25) is 0 Å². The van der Waals surface area contributed by atoms with Gasteiger partial charge < -0.3 is 14.2 Å². The van der Waals surface area contributed by atoms with Crippen LogP contribution in [0.4, 0.5) is 0 Å². The van der Waals surface area contributed by atoms with Crippen molar-refractivity contribution >= 4 is 5.97 Å². The molecular formula is C11H20O4. The van der Waals surface area contributed by atoms with Crippen LogP contribution in [0.1, 0.15) is 32.6 Å². The van der Waals surface area contributed by atoms with E-state index in [0.717, 1.165) is 19.3 Å². The van der Waals surface area contributed by atoms with Crippen LogP contribution in [0.15, 0.2) is 0 Å². The van der Waals surface area contributed by atoms with Crippen LogP contribution in [0, 0.1) is 0 Å². The second kappa shape index (κ2) is 6.08. The Morgan fingerprint density at radius 2 is 2.07 bits per heavy atom. The van der Waals surface area contributed by atoms with E-state index in [1.165, 1.54) is 7.11 Å². The number of ether oxygens (including phenoxy) is 3. The Kier molecular flexibility index (Phi) is 5.05. The molecule has 0 atom stereocenters. The fourth-order valence-corrected chi connectivity index (χ4v) is 1.74. The summed E-state index contributed by atoms with van der Waals surface area (Å²) in [7, 11) is 1.41. The first-order valence-electron chi connectivity index (χ1n) is 5.51. The van der Waals surface area contributed by atoms with Gasteiger partial charge in [-0.2, -0.15) is 0 Å². The van der Waals surface area contributed by atoms with Gasteiger partial charge in [-0.05, 0) is 26.2 Å². The Bertz CT molecular complexity index is 199. The first kappa shape index (κ1) is 12.5. The molecule has 1 saturated carbocycles. The molecule has 0 aromatic carbocycles. The van der Waals surface area contributed by atoms with E-state index in [-0.39, 0.29) is 11.6 Å². The van der Waals surface area contributed by atoms with Crippen LogP contribution in [-0.2, 0) is 19.0 Å². The highest BCUT2D eigenvalue weighted by molar-refractivity contribution is 5.70. The van der Waals surface area contributed by atoms with Gasteiger partial charge in [0.25, 0.3) is 0 Å². The van der Waals surface area contributed by atoms with E-state index in [0.29, 0.717) is 26.2 Å². The molecule has 1 fully saturated rings. The van der Waals surface area contributed by atoms with Gasteiger partial charge in [-0.15, -0.1) is 0 Å². The van der Waals surface area contributed by atoms with Crippen LogP contribution in [0.2, 0.25) is 0 Å². The third kappa shape index (κ3) is 3.80. The molecule has 0 saturated heterocycles. The second-order valence-corrected chi connectivity index (χ2v) is 3.83. The van der Waals surface area contributed by atoms with Crippen molar-refractivity contribution in [3.8, 4) is 0 Å². The van der Waals surface area contributed by atoms with Gasteiger partial charge in [0.15, 0.2) is 0 Å². The number of methoxy groups -OCH3 is 1. The zero-order chi connectivity index (χ0) is 11.1. The van der Waals surface area contributed by atoms with Crippen LogP contribution >= 0.6 is 0 Å². The van der Waals surface area contributed by atoms with Crippen molar-refractivity contribution in [3.05, 3.63) is 0 Å².